The largest absolute Gasteiger partial charge is 0.402 e. The number of nitrogens with two attached hydrogens (primary N) is 1. The molecule has 0 spiro atoms. The predicted molar refractivity (Wildman–Crippen MR) is 102 cm³/mol. The lowest BCUT2D eigenvalue weighted by Crippen LogP contribution is -2.23. The van der Waals surface area contributed by atoms with Crippen molar-refractivity contribution in [2.45, 2.75) is 79.6 Å². The van der Waals surface area contributed by atoms with E-state index in [1.807, 2.05) is 34.6 Å². The third-order valence-corrected chi connectivity index (χ3v) is 4.72. The smallest absolute Gasteiger partial charge is 0.273 e. The Balaban J connectivity index is 5.62. The van der Waals surface area contributed by atoms with Crippen molar-refractivity contribution in [3.05, 3.63) is 35.6 Å². The van der Waals surface area contributed by atoms with Gasteiger partial charge in [0.1, 0.15) is 0 Å². The van der Waals surface area contributed by atoms with Gasteiger partial charge < -0.3 is 5.73 Å². The highest BCUT2D eigenvalue weighted by atomic mass is 19.3. The number of halogens is 2. The summed E-state index contributed by atoms with van der Waals surface area (Å²) in [5.41, 5.74) is 7.25. The summed E-state index contributed by atoms with van der Waals surface area (Å²) in [5.74, 6) is -2.38. The second-order valence-corrected chi connectivity index (χ2v) is 7.41. The molecule has 0 aromatic carbocycles. The Morgan fingerprint density at radius 1 is 1.04 bits per heavy atom. The zero-order valence-electron chi connectivity index (χ0n) is 16.5. The molecule has 0 aromatic heterocycles. The molecule has 0 bridgehead atoms. The van der Waals surface area contributed by atoms with Crippen molar-refractivity contribution in [1.29, 1.82) is 0 Å². The molecule has 1 nitrogen and oxygen atoms in total. The highest BCUT2D eigenvalue weighted by Gasteiger charge is 2.36. The van der Waals surface area contributed by atoms with Crippen molar-refractivity contribution < 1.29 is 8.78 Å². The molecule has 0 saturated heterocycles. The Hall–Kier alpha value is -1.12. The van der Waals surface area contributed by atoms with Crippen LogP contribution < -0.4 is 5.73 Å². The van der Waals surface area contributed by atoms with E-state index in [4.69, 9.17) is 5.73 Å². The molecule has 0 aliphatic carbocycles. The van der Waals surface area contributed by atoms with Crippen LogP contribution in [0.1, 0.15) is 73.6 Å². The summed E-state index contributed by atoms with van der Waals surface area (Å²) in [6, 6.07) is 0. The van der Waals surface area contributed by atoms with Crippen molar-refractivity contribution in [2.24, 2.45) is 23.5 Å². The lowest BCUT2D eigenvalue weighted by Gasteiger charge is -2.26. The fourth-order valence-corrected chi connectivity index (χ4v) is 2.52. The molecular formula is C21H37F2N. The van der Waals surface area contributed by atoms with E-state index in [9.17, 15) is 8.78 Å². The van der Waals surface area contributed by atoms with Gasteiger partial charge >= 0.3 is 0 Å². The first-order valence-corrected chi connectivity index (χ1v) is 9.31. The molecule has 0 fully saturated rings. The SMILES string of the molecule is C=C(/C(=C\C=C(\N)[C@H](C)CC)C(F)(F)CCC(C)C)C(C)CCC. The van der Waals surface area contributed by atoms with Crippen LogP contribution in [0, 0.1) is 17.8 Å². The monoisotopic (exact) mass is 341 g/mol. The molecule has 0 saturated carbocycles. The lowest BCUT2D eigenvalue weighted by molar-refractivity contribution is 0.0280. The summed E-state index contributed by atoms with van der Waals surface area (Å²) in [5, 5.41) is 0. The normalized spacial score (nSPS) is 16.4. The molecule has 0 radical (unpaired) electrons. The molecule has 140 valence electrons. The molecule has 0 heterocycles. The molecule has 2 N–H and O–H groups in total. The van der Waals surface area contributed by atoms with E-state index < -0.39 is 5.92 Å². The molecule has 0 aliphatic rings. The Labute approximate surface area is 148 Å². The molecule has 24 heavy (non-hydrogen) atoms. The average molecular weight is 342 g/mol. The van der Waals surface area contributed by atoms with Gasteiger partial charge in [0.15, 0.2) is 0 Å². The van der Waals surface area contributed by atoms with Crippen LogP contribution in [-0.2, 0) is 0 Å². The van der Waals surface area contributed by atoms with Crippen molar-refractivity contribution in [2.75, 3.05) is 0 Å². The summed E-state index contributed by atoms with van der Waals surface area (Å²) in [7, 11) is 0. The zero-order valence-corrected chi connectivity index (χ0v) is 16.5. The molecule has 0 rings (SSSR count). The number of hydrogen-bond acceptors (Lipinski definition) is 1. The number of allylic oxidation sites excluding steroid dienone is 5. The van der Waals surface area contributed by atoms with Crippen LogP contribution in [0.3, 0.4) is 0 Å². The number of alkyl halides is 2. The molecule has 0 aromatic rings. The Morgan fingerprint density at radius 2 is 1.62 bits per heavy atom. The van der Waals surface area contributed by atoms with E-state index >= 15 is 0 Å². The maximum Gasteiger partial charge on any atom is 0.273 e. The Kier molecular flexibility index (Phi) is 10.2. The third-order valence-electron chi connectivity index (χ3n) is 4.72. The predicted octanol–water partition coefficient (Wildman–Crippen LogP) is 6.87. The van der Waals surface area contributed by atoms with Crippen LogP contribution in [0.25, 0.3) is 0 Å². The Morgan fingerprint density at radius 3 is 2.08 bits per heavy atom. The number of hydrogen-bond donors (Lipinski definition) is 1. The average Bonchev–Trinajstić information content (AvgIpc) is 2.51. The summed E-state index contributed by atoms with van der Waals surface area (Å²) >= 11 is 0. The van der Waals surface area contributed by atoms with Gasteiger partial charge in [-0.2, -0.15) is 0 Å². The summed E-state index contributed by atoms with van der Waals surface area (Å²) in [6.07, 6.45) is 6.21. The van der Waals surface area contributed by atoms with E-state index in [0.717, 1.165) is 19.3 Å². The van der Waals surface area contributed by atoms with Crippen molar-refractivity contribution in [1.82, 2.24) is 0 Å². The van der Waals surface area contributed by atoms with E-state index in [1.54, 1.807) is 6.08 Å². The maximum absolute atomic E-state index is 14.8. The highest BCUT2D eigenvalue weighted by molar-refractivity contribution is 5.39. The standard InChI is InChI=1S/C21H37F2N/c1-8-10-17(6)18(7)19(11-12-20(24)16(5)9-2)21(22,23)14-13-15(3)4/h11-12,15-17H,7-10,13-14,24H2,1-6H3/b19-11+,20-12+/t16-,17?/m1/s1. The van der Waals surface area contributed by atoms with Gasteiger partial charge in [-0.25, -0.2) is 8.78 Å². The summed E-state index contributed by atoms with van der Waals surface area (Å²) in [4.78, 5) is 0. The molecule has 0 aliphatic heterocycles. The van der Waals surface area contributed by atoms with Crippen LogP contribution in [0.4, 0.5) is 8.78 Å². The number of rotatable bonds is 11. The minimum atomic E-state index is -2.87. The van der Waals surface area contributed by atoms with Gasteiger partial charge in [-0.15, -0.1) is 0 Å². The van der Waals surface area contributed by atoms with Crippen LogP contribution in [0.2, 0.25) is 0 Å². The van der Waals surface area contributed by atoms with Crippen molar-refractivity contribution >= 4 is 0 Å². The van der Waals surface area contributed by atoms with Crippen LogP contribution >= 0.6 is 0 Å². The van der Waals surface area contributed by atoms with E-state index in [1.165, 1.54) is 6.08 Å². The fourth-order valence-electron chi connectivity index (χ4n) is 2.52. The van der Waals surface area contributed by atoms with Crippen molar-refractivity contribution in [3.63, 3.8) is 0 Å². The first kappa shape index (κ1) is 22.9. The minimum Gasteiger partial charge on any atom is -0.402 e. The quantitative estimate of drug-likeness (QED) is 0.408. The minimum absolute atomic E-state index is 0.0457. The van der Waals surface area contributed by atoms with Gasteiger partial charge in [-0.3, -0.25) is 0 Å². The van der Waals surface area contributed by atoms with Gasteiger partial charge in [0.2, 0.25) is 0 Å². The van der Waals surface area contributed by atoms with Gasteiger partial charge in [-0.1, -0.05) is 60.6 Å². The zero-order chi connectivity index (χ0) is 18.9. The lowest BCUT2D eigenvalue weighted by atomic mass is 9.86. The molecule has 2 atom stereocenters. The third kappa shape index (κ3) is 7.63. The van der Waals surface area contributed by atoms with Crippen LogP contribution in [0.5, 0.6) is 0 Å². The van der Waals surface area contributed by atoms with E-state index in [0.29, 0.717) is 17.7 Å². The molecule has 1 unspecified atom stereocenters. The van der Waals surface area contributed by atoms with Gasteiger partial charge in [0.25, 0.3) is 5.92 Å². The van der Waals surface area contributed by atoms with Gasteiger partial charge in [0.05, 0.1) is 0 Å². The van der Waals surface area contributed by atoms with Crippen molar-refractivity contribution in [3.8, 4) is 0 Å². The molecule has 3 heteroatoms. The summed E-state index contributed by atoms with van der Waals surface area (Å²) < 4.78 is 29.7. The Bertz CT molecular complexity index is 447. The maximum atomic E-state index is 14.8. The molecule has 0 amide bonds. The molecular weight excluding hydrogens is 304 g/mol. The highest BCUT2D eigenvalue weighted by Crippen LogP contribution is 2.38. The van der Waals surface area contributed by atoms with Crippen LogP contribution in [-0.4, -0.2) is 5.92 Å². The topological polar surface area (TPSA) is 26.0 Å². The van der Waals surface area contributed by atoms with Gasteiger partial charge in [-0.05, 0) is 48.7 Å². The summed E-state index contributed by atoms with van der Waals surface area (Å²) in [6.45, 7) is 16.0. The second kappa shape index (κ2) is 10.7. The first-order chi connectivity index (χ1) is 11.1. The van der Waals surface area contributed by atoms with Gasteiger partial charge in [0, 0.05) is 17.7 Å². The van der Waals surface area contributed by atoms with Crippen LogP contribution in [0.15, 0.2) is 35.6 Å². The fraction of sp³-hybridized carbons (Fsp3) is 0.714. The van der Waals surface area contributed by atoms with E-state index in [2.05, 4.69) is 13.5 Å². The van der Waals surface area contributed by atoms with E-state index in [-0.39, 0.29) is 29.7 Å². The first-order valence-electron chi connectivity index (χ1n) is 9.31. The second-order valence-electron chi connectivity index (χ2n) is 7.41.